The Morgan fingerprint density at radius 3 is 2.59 bits per heavy atom. The van der Waals surface area contributed by atoms with E-state index in [1.165, 1.54) is 18.2 Å². The zero-order chi connectivity index (χ0) is 23.0. The van der Waals surface area contributed by atoms with Crippen LogP contribution in [0.15, 0.2) is 66.1 Å². The smallest absolute Gasteiger partial charge is 0.261 e. The monoisotopic (exact) mass is 474 g/mol. The average molecular weight is 475 g/mol. The SMILES string of the molecule is CCCCc1ccc(NS(=O)(=O)c2ccc(Cl)c(C(=O)NCCCn3ccnc3)c2)cc1. The second kappa shape index (κ2) is 11.2. The normalized spacial score (nSPS) is 11.3. The Labute approximate surface area is 193 Å². The van der Waals surface area contributed by atoms with Gasteiger partial charge in [0.25, 0.3) is 15.9 Å². The standard InChI is InChI=1S/C23H27ClN4O3S/c1-2-3-5-18-6-8-19(9-7-18)27-32(30,31)20-10-11-22(24)21(16-20)23(29)26-12-4-14-28-15-13-25-17-28/h6-11,13,15-17,27H,2-5,12,14H2,1H3,(H,26,29). The number of aromatic nitrogens is 2. The number of nitrogens with zero attached hydrogens (tertiary/aromatic N) is 2. The van der Waals surface area contributed by atoms with Gasteiger partial charge in [0.1, 0.15) is 0 Å². The van der Waals surface area contributed by atoms with Gasteiger partial charge in [0.15, 0.2) is 0 Å². The zero-order valence-corrected chi connectivity index (χ0v) is 19.5. The molecule has 0 fully saturated rings. The molecule has 32 heavy (non-hydrogen) atoms. The number of halogens is 1. The van der Waals surface area contributed by atoms with Crippen molar-refractivity contribution in [1.82, 2.24) is 14.9 Å². The number of hydrogen-bond acceptors (Lipinski definition) is 4. The molecule has 0 aliphatic carbocycles. The van der Waals surface area contributed by atoms with Crippen LogP contribution in [-0.4, -0.2) is 30.4 Å². The lowest BCUT2D eigenvalue weighted by Gasteiger charge is -2.12. The lowest BCUT2D eigenvalue weighted by atomic mass is 10.1. The van der Waals surface area contributed by atoms with Crippen molar-refractivity contribution in [3.8, 4) is 0 Å². The highest BCUT2D eigenvalue weighted by atomic mass is 35.5. The number of hydrogen-bond donors (Lipinski definition) is 2. The van der Waals surface area contributed by atoms with E-state index in [1.807, 2.05) is 22.9 Å². The third kappa shape index (κ3) is 6.58. The summed E-state index contributed by atoms with van der Waals surface area (Å²) in [6.45, 7) is 3.27. The first-order valence-corrected chi connectivity index (χ1v) is 12.4. The van der Waals surface area contributed by atoms with Crippen LogP contribution >= 0.6 is 11.6 Å². The topological polar surface area (TPSA) is 93.1 Å². The van der Waals surface area contributed by atoms with Crippen molar-refractivity contribution in [2.24, 2.45) is 0 Å². The molecule has 0 aliphatic heterocycles. The molecule has 1 aromatic heterocycles. The van der Waals surface area contributed by atoms with E-state index >= 15 is 0 Å². The van der Waals surface area contributed by atoms with Gasteiger partial charge >= 0.3 is 0 Å². The summed E-state index contributed by atoms with van der Waals surface area (Å²) in [4.78, 5) is 16.5. The first kappa shape index (κ1) is 23.8. The minimum Gasteiger partial charge on any atom is -0.352 e. The number of imidazole rings is 1. The van der Waals surface area contributed by atoms with Gasteiger partial charge in [0, 0.05) is 31.2 Å². The molecule has 0 atom stereocenters. The van der Waals surface area contributed by atoms with Crippen LogP contribution in [-0.2, 0) is 23.0 Å². The van der Waals surface area contributed by atoms with Crippen molar-refractivity contribution in [2.45, 2.75) is 44.0 Å². The number of anilines is 1. The number of carbonyl (C=O) groups excluding carboxylic acids is 1. The molecule has 7 nitrogen and oxygen atoms in total. The van der Waals surface area contributed by atoms with E-state index in [-0.39, 0.29) is 15.5 Å². The van der Waals surface area contributed by atoms with Crippen molar-refractivity contribution in [2.75, 3.05) is 11.3 Å². The maximum absolute atomic E-state index is 12.8. The van der Waals surface area contributed by atoms with Gasteiger partial charge in [-0.05, 0) is 55.2 Å². The first-order valence-electron chi connectivity index (χ1n) is 10.5. The summed E-state index contributed by atoms with van der Waals surface area (Å²) < 4.78 is 30.2. The van der Waals surface area contributed by atoms with Crippen LogP contribution < -0.4 is 10.0 Å². The average Bonchev–Trinajstić information content (AvgIpc) is 3.29. The molecule has 1 heterocycles. The second-order valence-electron chi connectivity index (χ2n) is 7.46. The van der Waals surface area contributed by atoms with Crippen LogP contribution in [0.5, 0.6) is 0 Å². The third-order valence-electron chi connectivity index (χ3n) is 4.96. The quantitative estimate of drug-likeness (QED) is 0.400. The number of sulfonamides is 1. The van der Waals surface area contributed by atoms with Crippen LogP contribution in [0.4, 0.5) is 5.69 Å². The Kier molecular flexibility index (Phi) is 8.30. The molecule has 170 valence electrons. The molecular weight excluding hydrogens is 448 g/mol. The Morgan fingerprint density at radius 1 is 1.12 bits per heavy atom. The predicted octanol–water partition coefficient (Wildman–Crippen LogP) is 4.50. The minimum atomic E-state index is -3.87. The fourth-order valence-electron chi connectivity index (χ4n) is 3.16. The first-order chi connectivity index (χ1) is 15.4. The fraction of sp³-hybridized carbons (Fsp3) is 0.304. The van der Waals surface area contributed by atoms with Crippen LogP contribution in [0.25, 0.3) is 0 Å². The number of nitrogens with one attached hydrogen (secondary N) is 2. The molecule has 0 radical (unpaired) electrons. The Balaban J connectivity index is 1.64. The van der Waals surface area contributed by atoms with Crippen LogP contribution in [0, 0.1) is 0 Å². The summed E-state index contributed by atoms with van der Waals surface area (Å²) in [6.07, 6.45) is 9.10. The molecule has 0 saturated carbocycles. The van der Waals surface area contributed by atoms with Crippen LogP contribution in [0.2, 0.25) is 5.02 Å². The summed E-state index contributed by atoms with van der Waals surface area (Å²) >= 11 is 6.17. The molecular formula is C23H27ClN4O3S. The summed E-state index contributed by atoms with van der Waals surface area (Å²) in [6, 6.07) is 11.4. The molecule has 9 heteroatoms. The molecule has 2 aromatic carbocycles. The van der Waals surface area contributed by atoms with E-state index in [0.29, 0.717) is 25.2 Å². The van der Waals surface area contributed by atoms with Crippen molar-refractivity contribution in [3.63, 3.8) is 0 Å². The Bertz CT molecular complexity index is 1130. The van der Waals surface area contributed by atoms with E-state index in [4.69, 9.17) is 11.6 Å². The molecule has 3 rings (SSSR count). The highest BCUT2D eigenvalue weighted by Crippen LogP contribution is 2.23. The largest absolute Gasteiger partial charge is 0.352 e. The number of amides is 1. The summed E-state index contributed by atoms with van der Waals surface area (Å²) in [5, 5.41) is 2.97. The van der Waals surface area contributed by atoms with Crippen LogP contribution in [0.1, 0.15) is 42.1 Å². The highest BCUT2D eigenvalue weighted by Gasteiger charge is 2.19. The summed E-state index contributed by atoms with van der Waals surface area (Å²) in [7, 11) is -3.87. The van der Waals surface area contributed by atoms with Gasteiger partial charge in [-0.3, -0.25) is 9.52 Å². The van der Waals surface area contributed by atoms with Crippen molar-refractivity contribution < 1.29 is 13.2 Å². The fourth-order valence-corrected chi connectivity index (χ4v) is 4.45. The molecule has 0 bridgehead atoms. The van der Waals surface area contributed by atoms with E-state index in [0.717, 1.165) is 24.8 Å². The molecule has 0 unspecified atom stereocenters. The highest BCUT2D eigenvalue weighted by molar-refractivity contribution is 7.92. The maximum Gasteiger partial charge on any atom is 0.261 e. The summed E-state index contributed by atoms with van der Waals surface area (Å²) in [5.41, 5.74) is 1.74. The van der Waals surface area contributed by atoms with Crippen molar-refractivity contribution in [3.05, 3.63) is 77.3 Å². The number of unbranched alkanes of at least 4 members (excludes halogenated alkanes) is 1. The second-order valence-corrected chi connectivity index (χ2v) is 9.55. The zero-order valence-electron chi connectivity index (χ0n) is 17.9. The number of carbonyl (C=O) groups is 1. The van der Waals surface area contributed by atoms with E-state index in [1.54, 1.807) is 24.7 Å². The van der Waals surface area contributed by atoms with Gasteiger partial charge in [0.05, 0.1) is 21.8 Å². The number of aryl methyl sites for hydroxylation is 2. The van der Waals surface area contributed by atoms with Crippen molar-refractivity contribution >= 4 is 33.2 Å². The van der Waals surface area contributed by atoms with Crippen LogP contribution in [0.3, 0.4) is 0 Å². The molecule has 0 aliphatic rings. The summed E-state index contributed by atoms with van der Waals surface area (Å²) in [5.74, 6) is -0.419. The lowest BCUT2D eigenvalue weighted by Crippen LogP contribution is -2.26. The lowest BCUT2D eigenvalue weighted by molar-refractivity contribution is 0.0952. The van der Waals surface area contributed by atoms with Gasteiger partial charge in [-0.2, -0.15) is 0 Å². The molecule has 1 amide bonds. The number of benzene rings is 2. The van der Waals surface area contributed by atoms with Gasteiger partial charge in [-0.25, -0.2) is 13.4 Å². The Morgan fingerprint density at radius 2 is 1.91 bits per heavy atom. The maximum atomic E-state index is 12.8. The van der Waals surface area contributed by atoms with Crippen molar-refractivity contribution in [1.29, 1.82) is 0 Å². The molecule has 0 spiro atoms. The molecule has 0 saturated heterocycles. The molecule has 3 aromatic rings. The minimum absolute atomic E-state index is 0.0273. The van der Waals surface area contributed by atoms with E-state index in [2.05, 4.69) is 21.9 Å². The van der Waals surface area contributed by atoms with Gasteiger partial charge in [0.2, 0.25) is 0 Å². The third-order valence-corrected chi connectivity index (χ3v) is 6.66. The number of rotatable bonds is 11. The van der Waals surface area contributed by atoms with Gasteiger partial charge in [-0.15, -0.1) is 0 Å². The van der Waals surface area contributed by atoms with Gasteiger partial charge < -0.3 is 9.88 Å². The van der Waals surface area contributed by atoms with E-state index in [9.17, 15) is 13.2 Å². The Hall–Kier alpha value is -2.84. The molecule has 2 N–H and O–H groups in total. The predicted molar refractivity (Wildman–Crippen MR) is 126 cm³/mol. The van der Waals surface area contributed by atoms with Gasteiger partial charge in [-0.1, -0.05) is 37.1 Å². The van der Waals surface area contributed by atoms with E-state index < -0.39 is 15.9 Å².